The van der Waals surface area contributed by atoms with Gasteiger partial charge in [0, 0.05) is 0 Å². The van der Waals surface area contributed by atoms with Gasteiger partial charge in [0.2, 0.25) is 0 Å². The number of hydrogen-bond donors (Lipinski definition) is 0. The highest BCUT2D eigenvalue weighted by molar-refractivity contribution is 7.21. The van der Waals surface area contributed by atoms with Gasteiger partial charge < -0.3 is 4.74 Å². The van der Waals surface area contributed by atoms with Crippen LogP contribution in [0.25, 0.3) is 20.8 Å². The van der Waals surface area contributed by atoms with Crippen molar-refractivity contribution in [3.8, 4) is 16.3 Å². The number of rotatable bonds is 3. The van der Waals surface area contributed by atoms with Gasteiger partial charge in [0.25, 0.3) is 6.47 Å². The Hall–Kier alpha value is -2.20. The highest BCUT2D eigenvalue weighted by Gasteiger charge is 2.10. The highest BCUT2D eigenvalue weighted by atomic mass is 32.1. The fraction of sp³-hybridized carbons (Fsp3) is 0. The molecule has 0 saturated carbocycles. The highest BCUT2D eigenvalue weighted by Crippen LogP contribution is 2.35. The van der Waals surface area contributed by atoms with E-state index in [0.29, 0.717) is 12.2 Å². The molecule has 0 aliphatic heterocycles. The van der Waals surface area contributed by atoms with E-state index in [0.717, 1.165) is 20.8 Å². The van der Waals surface area contributed by atoms with Crippen LogP contribution in [0.5, 0.6) is 5.75 Å². The lowest BCUT2D eigenvalue weighted by Crippen LogP contribution is -1.90. The van der Waals surface area contributed by atoms with Crippen molar-refractivity contribution in [1.82, 2.24) is 4.98 Å². The molecule has 1 aromatic heterocycles. The minimum Gasteiger partial charge on any atom is -0.428 e. The van der Waals surface area contributed by atoms with Gasteiger partial charge in [-0.3, -0.25) is 4.79 Å². The maximum Gasteiger partial charge on any atom is 0.298 e. The summed E-state index contributed by atoms with van der Waals surface area (Å²) in [7, 11) is 0. The number of benzene rings is 2. The third-order valence-corrected chi connectivity index (χ3v) is 3.66. The number of ether oxygens (including phenoxy) is 1. The van der Waals surface area contributed by atoms with E-state index in [2.05, 4.69) is 4.98 Å². The molecule has 0 amide bonds. The fourth-order valence-electron chi connectivity index (χ4n) is 1.79. The zero-order valence-electron chi connectivity index (χ0n) is 9.37. The molecule has 1 heterocycles. The Morgan fingerprint density at radius 2 is 1.83 bits per heavy atom. The van der Waals surface area contributed by atoms with Crippen LogP contribution in [-0.4, -0.2) is 11.5 Å². The van der Waals surface area contributed by atoms with Crippen molar-refractivity contribution >= 4 is 28.0 Å². The zero-order chi connectivity index (χ0) is 12.4. The van der Waals surface area contributed by atoms with E-state index in [1.54, 1.807) is 17.4 Å². The predicted molar refractivity (Wildman–Crippen MR) is 71.7 cm³/mol. The smallest absolute Gasteiger partial charge is 0.298 e. The predicted octanol–water partition coefficient (Wildman–Crippen LogP) is 3.50. The van der Waals surface area contributed by atoms with E-state index < -0.39 is 0 Å². The molecule has 3 aromatic rings. The molecule has 0 saturated heterocycles. The molecule has 0 aliphatic rings. The topological polar surface area (TPSA) is 39.2 Å². The Balaban J connectivity index is 2.16. The Kier molecular flexibility index (Phi) is 2.78. The standard InChI is InChI=1S/C14H9NO2S/c16-9-17-12-7-3-1-5-10(12)14-15-11-6-2-4-8-13(11)18-14/h1-9H. The molecule has 3 nitrogen and oxygen atoms in total. The fourth-order valence-corrected chi connectivity index (χ4v) is 2.78. The number of hydrogen-bond acceptors (Lipinski definition) is 4. The van der Waals surface area contributed by atoms with Crippen molar-refractivity contribution in [1.29, 1.82) is 0 Å². The maximum atomic E-state index is 10.5. The summed E-state index contributed by atoms with van der Waals surface area (Å²) < 4.78 is 6.09. The van der Waals surface area contributed by atoms with Gasteiger partial charge in [-0.15, -0.1) is 11.3 Å². The second kappa shape index (κ2) is 4.58. The van der Waals surface area contributed by atoms with E-state index in [1.807, 2.05) is 42.5 Å². The zero-order valence-corrected chi connectivity index (χ0v) is 10.2. The van der Waals surface area contributed by atoms with Crippen molar-refractivity contribution in [2.45, 2.75) is 0 Å². The molecule has 0 atom stereocenters. The van der Waals surface area contributed by atoms with Crippen LogP contribution in [0, 0.1) is 0 Å². The molecule has 0 spiro atoms. The summed E-state index contributed by atoms with van der Waals surface area (Å²) in [5.41, 5.74) is 1.80. The van der Waals surface area contributed by atoms with Gasteiger partial charge in [-0.25, -0.2) is 4.98 Å². The lowest BCUT2D eigenvalue weighted by atomic mass is 10.2. The number of fused-ring (bicyclic) bond motifs is 1. The SMILES string of the molecule is O=COc1ccccc1-c1nc2ccccc2s1. The first-order valence-electron chi connectivity index (χ1n) is 5.44. The number of thiazole rings is 1. The number of para-hydroxylation sites is 2. The van der Waals surface area contributed by atoms with Crippen LogP contribution in [0.3, 0.4) is 0 Å². The lowest BCUT2D eigenvalue weighted by Gasteiger charge is -2.02. The first-order chi connectivity index (χ1) is 8.88. The molecule has 0 fully saturated rings. The van der Waals surface area contributed by atoms with Crippen molar-refractivity contribution in [3.63, 3.8) is 0 Å². The van der Waals surface area contributed by atoms with Crippen LogP contribution in [0.2, 0.25) is 0 Å². The summed E-state index contributed by atoms with van der Waals surface area (Å²) in [6.07, 6.45) is 0. The molecular formula is C14H9NO2S. The molecule has 4 heteroatoms. The molecular weight excluding hydrogens is 246 g/mol. The molecule has 18 heavy (non-hydrogen) atoms. The van der Waals surface area contributed by atoms with Gasteiger partial charge in [0.05, 0.1) is 15.8 Å². The normalized spacial score (nSPS) is 10.4. The monoisotopic (exact) mass is 255 g/mol. The van der Waals surface area contributed by atoms with E-state index in [9.17, 15) is 4.79 Å². The Morgan fingerprint density at radius 3 is 2.67 bits per heavy atom. The van der Waals surface area contributed by atoms with Crippen LogP contribution >= 0.6 is 11.3 Å². The number of nitrogens with zero attached hydrogens (tertiary/aromatic N) is 1. The lowest BCUT2D eigenvalue weighted by molar-refractivity contribution is -0.120. The summed E-state index contributed by atoms with van der Waals surface area (Å²) in [6, 6.07) is 15.3. The third kappa shape index (κ3) is 1.87. The summed E-state index contributed by atoms with van der Waals surface area (Å²) in [5, 5.41) is 0.855. The molecule has 2 aromatic carbocycles. The Labute approximate surface area is 108 Å². The van der Waals surface area contributed by atoms with Crippen LogP contribution < -0.4 is 4.74 Å². The van der Waals surface area contributed by atoms with Crippen LogP contribution in [-0.2, 0) is 4.79 Å². The van der Waals surface area contributed by atoms with Crippen molar-refractivity contribution in [3.05, 3.63) is 48.5 Å². The molecule has 0 N–H and O–H groups in total. The van der Waals surface area contributed by atoms with Gasteiger partial charge in [0.1, 0.15) is 10.8 Å². The van der Waals surface area contributed by atoms with Gasteiger partial charge in [-0.05, 0) is 24.3 Å². The summed E-state index contributed by atoms with van der Waals surface area (Å²) in [6.45, 7) is 0.437. The van der Waals surface area contributed by atoms with Gasteiger partial charge in [-0.2, -0.15) is 0 Å². The average Bonchev–Trinajstić information content (AvgIpc) is 2.83. The van der Waals surface area contributed by atoms with Crippen LogP contribution in [0.4, 0.5) is 0 Å². The van der Waals surface area contributed by atoms with Gasteiger partial charge >= 0.3 is 0 Å². The summed E-state index contributed by atoms with van der Waals surface area (Å²) in [4.78, 5) is 15.0. The van der Waals surface area contributed by atoms with Gasteiger partial charge in [-0.1, -0.05) is 24.3 Å². The molecule has 0 bridgehead atoms. The molecule has 88 valence electrons. The quantitative estimate of drug-likeness (QED) is 0.672. The Morgan fingerprint density at radius 1 is 1.06 bits per heavy atom. The number of carbonyl (C=O) groups excluding carboxylic acids is 1. The second-order valence-corrected chi connectivity index (χ2v) is 4.73. The van der Waals surface area contributed by atoms with Crippen molar-refractivity contribution in [2.24, 2.45) is 0 Å². The third-order valence-electron chi connectivity index (χ3n) is 2.59. The van der Waals surface area contributed by atoms with E-state index in [4.69, 9.17) is 4.74 Å². The van der Waals surface area contributed by atoms with Crippen molar-refractivity contribution in [2.75, 3.05) is 0 Å². The second-order valence-electron chi connectivity index (χ2n) is 3.70. The molecule has 0 unspecified atom stereocenters. The largest absolute Gasteiger partial charge is 0.428 e. The van der Waals surface area contributed by atoms with Crippen molar-refractivity contribution < 1.29 is 9.53 Å². The first-order valence-corrected chi connectivity index (χ1v) is 6.25. The number of carbonyl (C=O) groups is 1. The number of aromatic nitrogens is 1. The summed E-state index contributed by atoms with van der Waals surface area (Å²) >= 11 is 1.58. The van der Waals surface area contributed by atoms with E-state index in [1.165, 1.54) is 0 Å². The molecule has 0 aliphatic carbocycles. The average molecular weight is 255 g/mol. The minimum atomic E-state index is 0.437. The van der Waals surface area contributed by atoms with Gasteiger partial charge in [0.15, 0.2) is 0 Å². The van der Waals surface area contributed by atoms with E-state index in [-0.39, 0.29) is 0 Å². The Bertz CT molecular complexity index is 673. The van der Waals surface area contributed by atoms with E-state index >= 15 is 0 Å². The summed E-state index contributed by atoms with van der Waals surface area (Å²) in [5.74, 6) is 0.534. The molecule has 3 rings (SSSR count). The molecule has 0 radical (unpaired) electrons. The van der Waals surface area contributed by atoms with Crippen LogP contribution in [0.15, 0.2) is 48.5 Å². The maximum absolute atomic E-state index is 10.5. The first kappa shape index (κ1) is 10.9. The minimum absolute atomic E-state index is 0.437. The van der Waals surface area contributed by atoms with Crippen LogP contribution in [0.1, 0.15) is 0 Å².